The van der Waals surface area contributed by atoms with Gasteiger partial charge in [0.25, 0.3) is 0 Å². The van der Waals surface area contributed by atoms with Crippen molar-refractivity contribution in [3.63, 3.8) is 0 Å². The second-order valence-corrected chi connectivity index (χ2v) is 3.22. The van der Waals surface area contributed by atoms with Crippen LogP contribution in [0.25, 0.3) is 0 Å². The van der Waals surface area contributed by atoms with E-state index in [0.717, 1.165) is 24.8 Å². The van der Waals surface area contributed by atoms with Crippen LogP contribution < -0.4 is 0 Å². The van der Waals surface area contributed by atoms with Gasteiger partial charge in [-0.25, -0.2) is 0 Å². The molecule has 0 saturated heterocycles. The summed E-state index contributed by atoms with van der Waals surface area (Å²) in [5, 5.41) is 0. The van der Waals surface area contributed by atoms with Crippen LogP contribution in [0.3, 0.4) is 0 Å². The van der Waals surface area contributed by atoms with Gasteiger partial charge in [-0.05, 0) is 25.3 Å². The van der Waals surface area contributed by atoms with Crippen LogP contribution in [-0.2, 0) is 4.79 Å². The van der Waals surface area contributed by atoms with Crippen molar-refractivity contribution >= 4 is 5.78 Å². The Morgan fingerprint density at radius 2 is 2.00 bits per heavy atom. The number of ketones is 1. The highest BCUT2D eigenvalue weighted by Crippen LogP contribution is 2.14. The fraction of sp³-hybridized carbons (Fsp3) is 0.727. The Morgan fingerprint density at radius 1 is 1.42 bits per heavy atom. The summed E-state index contributed by atoms with van der Waals surface area (Å²) in [6.45, 7) is 8.11. The maximum atomic E-state index is 11.6. The molecule has 12 heavy (non-hydrogen) atoms. The van der Waals surface area contributed by atoms with Crippen molar-refractivity contribution in [3.8, 4) is 0 Å². The molecule has 0 heterocycles. The van der Waals surface area contributed by atoms with Crippen LogP contribution in [0.2, 0.25) is 0 Å². The molecule has 0 saturated carbocycles. The van der Waals surface area contributed by atoms with Gasteiger partial charge in [-0.1, -0.05) is 33.3 Å². The largest absolute Gasteiger partial charge is 0.294 e. The molecule has 0 fully saturated rings. The quantitative estimate of drug-likeness (QED) is 0.575. The predicted molar refractivity (Wildman–Crippen MR) is 53.1 cm³/mol. The van der Waals surface area contributed by atoms with E-state index in [1.54, 1.807) is 0 Å². The molecule has 0 amide bonds. The van der Waals surface area contributed by atoms with Gasteiger partial charge in [-0.3, -0.25) is 4.79 Å². The summed E-state index contributed by atoms with van der Waals surface area (Å²) in [4.78, 5) is 11.6. The Hall–Kier alpha value is -0.590. The number of carbonyl (C=O) groups excluding carboxylic acids is 1. The van der Waals surface area contributed by atoms with E-state index in [1.807, 2.05) is 26.8 Å². The molecule has 0 aliphatic rings. The molecule has 0 rings (SSSR count). The van der Waals surface area contributed by atoms with Crippen LogP contribution in [0.5, 0.6) is 0 Å². The minimum atomic E-state index is 0.209. The fourth-order valence-corrected chi connectivity index (χ4v) is 1.40. The summed E-state index contributed by atoms with van der Waals surface area (Å²) in [6.07, 6.45) is 4.90. The third-order valence-electron chi connectivity index (χ3n) is 2.22. The average molecular weight is 168 g/mol. The second kappa shape index (κ2) is 5.99. The topological polar surface area (TPSA) is 17.1 Å². The lowest BCUT2D eigenvalue weighted by atomic mass is 9.94. The Kier molecular flexibility index (Phi) is 5.69. The molecule has 1 unspecified atom stereocenters. The zero-order chi connectivity index (χ0) is 9.56. The fourth-order valence-electron chi connectivity index (χ4n) is 1.40. The maximum absolute atomic E-state index is 11.6. The van der Waals surface area contributed by atoms with Gasteiger partial charge in [0, 0.05) is 5.92 Å². The van der Waals surface area contributed by atoms with E-state index in [2.05, 4.69) is 6.92 Å². The third kappa shape index (κ3) is 3.21. The number of allylic oxidation sites excluding steroid dienone is 2. The molecule has 0 aromatic rings. The Morgan fingerprint density at radius 3 is 2.33 bits per heavy atom. The zero-order valence-corrected chi connectivity index (χ0v) is 8.68. The summed E-state index contributed by atoms with van der Waals surface area (Å²) in [6, 6.07) is 0. The minimum Gasteiger partial charge on any atom is -0.294 e. The molecule has 0 aliphatic heterocycles. The van der Waals surface area contributed by atoms with Crippen LogP contribution in [0, 0.1) is 5.92 Å². The van der Waals surface area contributed by atoms with Gasteiger partial charge in [-0.15, -0.1) is 0 Å². The molecular formula is C11H20O. The molecule has 0 aromatic carbocycles. The van der Waals surface area contributed by atoms with Crippen molar-refractivity contribution in [1.82, 2.24) is 0 Å². The average Bonchev–Trinajstić information content (AvgIpc) is 2.07. The highest BCUT2D eigenvalue weighted by Gasteiger charge is 2.14. The molecule has 0 aromatic heterocycles. The number of carbonyl (C=O) groups is 1. The van der Waals surface area contributed by atoms with Crippen molar-refractivity contribution < 1.29 is 4.79 Å². The first kappa shape index (κ1) is 11.4. The molecule has 1 nitrogen and oxygen atoms in total. The van der Waals surface area contributed by atoms with Gasteiger partial charge >= 0.3 is 0 Å². The molecule has 1 atom stereocenters. The predicted octanol–water partition coefficient (Wildman–Crippen LogP) is 3.35. The highest BCUT2D eigenvalue weighted by molar-refractivity contribution is 5.96. The van der Waals surface area contributed by atoms with E-state index in [0.29, 0.717) is 5.78 Å². The van der Waals surface area contributed by atoms with Crippen LogP contribution in [-0.4, -0.2) is 5.78 Å². The Labute approximate surface area is 75.9 Å². The summed E-state index contributed by atoms with van der Waals surface area (Å²) in [5.74, 6) is 0.544. The van der Waals surface area contributed by atoms with Gasteiger partial charge in [0.1, 0.15) is 0 Å². The molecule has 0 radical (unpaired) electrons. The van der Waals surface area contributed by atoms with Crippen LogP contribution in [0.15, 0.2) is 11.6 Å². The van der Waals surface area contributed by atoms with Crippen molar-refractivity contribution in [2.45, 2.75) is 47.0 Å². The number of Topliss-reactive ketones (excluding diaryl/α,β-unsaturated/α-hetero) is 1. The first-order chi connectivity index (χ1) is 5.67. The maximum Gasteiger partial charge on any atom is 0.161 e. The minimum absolute atomic E-state index is 0.209. The Bertz CT molecular complexity index is 168. The third-order valence-corrected chi connectivity index (χ3v) is 2.22. The van der Waals surface area contributed by atoms with Crippen molar-refractivity contribution in [1.29, 1.82) is 0 Å². The summed E-state index contributed by atoms with van der Waals surface area (Å²) < 4.78 is 0. The first-order valence-electron chi connectivity index (χ1n) is 4.86. The number of hydrogen-bond donors (Lipinski definition) is 0. The van der Waals surface area contributed by atoms with Gasteiger partial charge in [0.2, 0.25) is 0 Å². The molecule has 0 aliphatic carbocycles. The van der Waals surface area contributed by atoms with E-state index in [-0.39, 0.29) is 5.92 Å². The Balaban J connectivity index is 4.17. The molecule has 1 heteroatoms. The zero-order valence-electron chi connectivity index (χ0n) is 8.68. The molecule has 0 spiro atoms. The second-order valence-electron chi connectivity index (χ2n) is 3.22. The van der Waals surface area contributed by atoms with Gasteiger partial charge in [0.05, 0.1) is 0 Å². The van der Waals surface area contributed by atoms with E-state index < -0.39 is 0 Å². The van der Waals surface area contributed by atoms with Crippen molar-refractivity contribution in [3.05, 3.63) is 11.6 Å². The summed E-state index contributed by atoms with van der Waals surface area (Å²) in [5.41, 5.74) is 0.982. The van der Waals surface area contributed by atoms with Crippen LogP contribution in [0.4, 0.5) is 0 Å². The van der Waals surface area contributed by atoms with E-state index in [4.69, 9.17) is 0 Å². The lowest BCUT2D eigenvalue weighted by Gasteiger charge is -2.10. The molecular weight excluding hydrogens is 148 g/mol. The highest BCUT2D eigenvalue weighted by atomic mass is 16.1. The molecule has 0 bridgehead atoms. The van der Waals surface area contributed by atoms with Gasteiger partial charge in [-0.2, -0.15) is 0 Å². The summed E-state index contributed by atoms with van der Waals surface area (Å²) >= 11 is 0. The summed E-state index contributed by atoms with van der Waals surface area (Å²) in [7, 11) is 0. The lowest BCUT2D eigenvalue weighted by Crippen LogP contribution is -2.12. The number of hydrogen-bond acceptors (Lipinski definition) is 1. The SMILES string of the molecule is CC=C(CC)C(=O)C(C)CCC. The van der Waals surface area contributed by atoms with E-state index in [9.17, 15) is 4.79 Å². The van der Waals surface area contributed by atoms with E-state index >= 15 is 0 Å². The first-order valence-corrected chi connectivity index (χ1v) is 4.86. The number of rotatable bonds is 5. The van der Waals surface area contributed by atoms with Gasteiger partial charge in [0.15, 0.2) is 5.78 Å². The molecule has 70 valence electrons. The normalized spacial score (nSPS) is 14.5. The van der Waals surface area contributed by atoms with E-state index in [1.165, 1.54) is 0 Å². The van der Waals surface area contributed by atoms with Crippen molar-refractivity contribution in [2.24, 2.45) is 5.92 Å². The van der Waals surface area contributed by atoms with Crippen LogP contribution in [0.1, 0.15) is 47.0 Å². The molecule has 0 N–H and O–H groups in total. The van der Waals surface area contributed by atoms with Gasteiger partial charge < -0.3 is 0 Å². The lowest BCUT2D eigenvalue weighted by molar-refractivity contribution is -0.119. The van der Waals surface area contributed by atoms with Crippen molar-refractivity contribution in [2.75, 3.05) is 0 Å². The van der Waals surface area contributed by atoms with Crippen LogP contribution >= 0.6 is 0 Å². The smallest absolute Gasteiger partial charge is 0.161 e. The standard InChI is InChI=1S/C11H20O/c1-5-8-9(4)11(12)10(6-2)7-3/h6,9H,5,7-8H2,1-4H3. The monoisotopic (exact) mass is 168 g/mol.